The van der Waals surface area contributed by atoms with Crippen LogP contribution in [-0.4, -0.2) is 43.6 Å². The molecule has 3 aromatic heterocycles. The monoisotopic (exact) mass is 470 g/mol. The third-order valence-corrected chi connectivity index (χ3v) is 5.69. The minimum Gasteiger partial charge on any atom is -0.463 e. The molecule has 35 heavy (non-hydrogen) atoms. The van der Waals surface area contributed by atoms with E-state index in [1.807, 2.05) is 19.1 Å². The van der Waals surface area contributed by atoms with Crippen molar-refractivity contribution in [2.45, 2.75) is 26.2 Å². The molecular formula is C25H26N8O2. The summed E-state index contributed by atoms with van der Waals surface area (Å²) in [7, 11) is 0. The van der Waals surface area contributed by atoms with Crippen molar-refractivity contribution in [3.05, 3.63) is 71.2 Å². The highest BCUT2D eigenvalue weighted by Crippen LogP contribution is 2.34. The summed E-state index contributed by atoms with van der Waals surface area (Å²) >= 11 is 0. The Hall–Kier alpha value is -4.60. The number of amides is 1. The van der Waals surface area contributed by atoms with Gasteiger partial charge >= 0.3 is 6.01 Å². The lowest BCUT2D eigenvalue weighted by atomic mass is 9.96. The first-order valence-electron chi connectivity index (χ1n) is 11.0. The van der Waals surface area contributed by atoms with E-state index in [1.54, 1.807) is 43.7 Å². The van der Waals surface area contributed by atoms with Crippen LogP contribution >= 0.6 is 0 Å². The van der Waals surface area contributed by atoms with E-state index in [0.717, 1.165) is 22.0 Å². The highest BCUT2D eigenvalue weighted by Gasteiger charge is 2.22. The maximum absolute atomic E-state index is 12.0. The summed E-state index contributed by atoms with van der Waals surface area (Å²) in [5.41, 5.74) is 16.4. The lowest BCUT2D eigenvalue weighted by Crippen LogP contribution is -2.19. The molecule has 178 valence electrons. The number of carbonyl (C=O) groups is 1. The molecule has 0 aliphatic heterocycles. The van der Waals surface area contributed by atoms with Crippen LogP contribution in [0.15, 0.2) is 42.9 Å². The van der Waals surface area contributed by atoms with Crippen LogP contribution in [0.4, 0.5) is 5.69 Å². The van der Waals surface area contributed by atoms with Crippen molar-refractivity contribution >= 4 is 40.4 Å². The number of aromatic nitrogens is 5. The van der Waals surface area contributed by atoms with Gasteiger partial charge in [-0.05, 0) is 49.8 Å². The van der Waals surface area contributed by atoms with Gasteiger partial charge in [0.25, 0.3) is 0 Å². The molecular weight excluding hydrogens is 444 g/mol. The van der Waals surface area contributed by atoms with Gasteiger partial charge in [-0.25, -0.2) is 15.0 Å². The molecule has 0 bridgehead atoms. The number of aromatic amines is 1. The van der Waals surface area contributed by atoms with Crippen LogP contribution in [0, 0.1) is 5.41 Å². The molecule has 0 aliphatic rings. The van der Waals surface area contributed by atoms with Crippen LogP contribution in [0.3, 0.4) is 0 Å². The van der Waals surface area contributed by atoms with E-state index in [2.05, 4.69) is 24.9 Å². The van der Waals surface area contributed by atoms with Crippen molar-refractivity contribution in [1.29, 1.82) is 5.41 Å². The molecule has 6 N–H and O–H groups in total. The molecule has 0 fully saturated rings. The van der Waals surface area contributed by atoms with Crippen LogP contribution in [0.25, 0.3) is 22.6 Å². The van der Waals surface area contributed by atoms with Gasteiger partial charge in [0.2, 0.25) is 5.91 Å². The third-order valence-electron chi connectivity index (χ3n) is 5.69. The van der Waals surface area contributed by atoms with Gasteiger partial charge in [-0.2, -0.15) is 4.98 Å². The van der Waals surface area contributed by atoms with Crippen LogP contribution in [0.5, 0.6) is 6.01 Å². The molecule has 1 unspecified atom stereocenters. The fraction of sp³-hybridized carbons (Fsp3) is 0.200. The average molecular weight is 471 g/mol. The number of nitrogens with one attached hydrogen (secondary N) is 2. The van der Waals surface area contributed by atoms with E-state index in [-0.39, 0.29) is 6.01 Å². The average Bonchev–Trinajstić information content (AvgIpc) is 3.22. The highest BCUT2D eigenvalue weighted by molar-refractivity contribution is 6.09. The van der Waals surface area contributed by atoms with E-state index in [0.29, 0.717) is 41.5 Å². The van der Waals surface area contributed by atoms with Gasteiger partial charge in [0.15, 0.2) is 0 Å². The van der Waals surface area contributed by atoms with Crippen LogP contribution in [0.2, 0.25) is 0 Å². The molecule has 0 saturated heterocycles. The Kier molecular flexibility index (Phi) is 6.81. The van der Waals surface area contributed by atoms with Gasteiger partial charge < -0.3 is 26.6 Å². The topological polar surface area (TPSA) is 170 Å². The van der Waals surface area contributed by atoms with Crippen molar-refractivity contribution in [1.82, 2.24) is 24.9 Å². The minimum absolute atomic E-state index is 0.236. The molecule has 0 radical (unpaired) electrons. The van der Waals surface area contributed by atoms with Crippen molar-refractivity contribution in [3.8, 4) is 6.01 Å². The molecule has 4 rings (SSSR count). The van der Waals surface area contributed by atoms with Gasteiger partial charge in [-0.15, -0.1) is 0 Å². The zero-order valence-corrected chi connectivity index (χ0v) is 19.4. The molecule has 10 nitrogen and oxygen atoms in total. The molecule has 10 heteroatoms. The number of primary amides is 1. The zero-order chi connectivity index (χ0) is 24.9. The first-order chi connectivity index (χ1) is 16.9. The zero-order valence-electron chi connectivity index (χ0n) is 19.4. The number of H-pyrrole nitrogens is 1. The minimum atomic E-state index is -0.578. The van der Waals surface area contributed by atoms with Gasteiger partial charge in [0, 0.05) is 64.6 Å². The Bertz CT molecular complexity index is 1410. The van der Waals surface area contributed by atoms with Crippen LogP contribution in [-0.2, 0) is 11.2 Å². The lowest BCUT2D eigenvalue weighted by molar-refractivity contribution is -0.119. The summed E-state index contributed by atoms with van der Waals surface area (Å²) in [4.78, 5) is 32.4. The van der Waals surface area contributed by atoms with Gasteiger partial charge in [0.1, 0.15) is 5.82 Å². The number of fused-ring (bicyclic) bond motifs is 1. The SMILES string of the molecule is C/C(=C\c1c(C(C)C(N)=O)[nH]c2ccc(N)c(C=N)c12)c1ccnc(OCCc2ncccn2)n1. The number of benzene rings is 1. The molecule has 0 saturated carbocycles. The Labute approximate surface area is 202 Å². The van der Waals surface area contributed by atoms with Crippen LogP contribution in [0.1, 0.15) is 48.1 Å². The number of nitrogens with zero attached hydrogens (tertiary/aromatic N) is 4. The summed E-state index contributed by atoms with van der Waals surface area (Å²) in [5, 5.41) is 8.63. The summed E-state index contributed by atoms with van der Waals surface area (Å²) in [6, 6.07) is 7.33. The molecule has 1 amide bonds. The normalized spacial score (nSPS) is 12.5. The van der Waals surface area contributed by atoms with Crippen molar-refractivity contribution in [2.75, 3.05) is 12.3 Å². The first kappa shape index (κ1) is 23.6. The predicted octanol–water partition coefficient (Wildman–Crippen LogP) is 3.10. The lowest BCUT2D eigenvalue weighted by Gasteiger charge is -2.10. The maximum atomic E-state index is 12.0. The number of allylic oxidation sites excluding steroid dienone is 1. The Morgan fingerprint density at radius 1 is 1.17 bits per heavy atom. The summed E-state index contributed by atoms with van der Waals surface area (Å²) < 4.78 is 5.71. The Morgan fingerprint density at radius 3 is 2.66 bits per heavy atom. The van der Waals surface area contributed by atoms with Crippen molar-refractivity contribution in [2.24, 2.45) is 5.73 Å². The Balaban J connectivity index is 1.69. The standard InChI is InChI=1S/C25H26N8O2/c1-14(19-6-10-31-25(33-19)35-11-7-21-29-8-3-9-30-21)12-16-22-17(13-26)18(27)4-5-20(22)32-23(16)15(2)24(28)34/h3-6,8-10,12-13,15,26,32H,7,11,27H2,1-2H3,(H2,28,34)/b14-12+,26-13?. The molecule has 1 aromatic carbocycles. The van der Waals surface area contributed by atoms with Gasteiger partial charge in [0.05, 0.1) is 18.2 Å². The third kappa shape index (κ3) is 5.01. The summed E-state index contributed by atoms with van der Waals surface area (Å²) in [6.45, 7) is 3.97. The second-order valence-electron chi connectivity index (χ2n) is 8.03. The fourth-order valence-electron chi connectivity index (χ4n) is 3.78. The number of hydrogen-bond acceptors (Lipinski definition) is 8. The van der Waals surface area contributed by atoms with E-state index in [4.69, 9.17) is 21.6 Å². The smallest absolute Gasteiger partial charge is 0.316 e. The number of carbonyl (C=O) groups excluding carboxylic acids is 1. The van der Waals surface area contributed by atoms with Gasteiger partial charge in [-0.1, -0.05) is 0 Å². The number of nitrogens with two attached hydrogens (primary N) is 2. The number of anilines is 1. The predicted molar refractivity (Wildman–Crippen MR) is 135 cm³/mol. The molecule has 0 aliphatic carbocycles. The van der Waals surface area contributed by atoms with E-state index >= 15 is 0 Å². The largest absolute Gasteiger partial charge is 0.463 e. The maximum Gasteiger partial charge on any atom is 0.316 e. The van der Waals surface area contributed by atoms with Crippen molar-refractivity contribution < 1.29 is 9.53 Å². The Morgan fingerprint density at radius 2 is 1.94 bits per heavy atom. The highest BCUT2D eigenvalue weighted by atomic mass is 16.5. The summed E-state index contributed by atoms with van der Waals surface area (Å²) in [6.07, 6.45) is 8.64. The quantitative estimate of drug-likeness (QED) is 0.215. The summed E-state index contributed by atoms with van der Waals surface area (Å²) in [5.74, 6) is -0.365. The second kappa shape index (κ2) is 10.1. The number of hydrogen-bond donors (Lipinski definition) is 4. The van der Waals surface area contributed by atoms with E-state index in [1.165, 1.54) is 6.21 Å². The number of nitrogen functional groups attached to an aromatic ring is 1. The van der Waals surface area contributed by atoms with Crippen LogP contribution < -0.4 is 16.2 Å². The molecule has 0 spiro atoms. The second-order valence-corrected chi connectivity index (χ2v) is 8.03. The fourth-order valence-corrected chi connectivity index (χ4v) is 3.78. The van der Waals surface area contributed by atoms with Crippen molar-refractivity contribution in [3.63, 3.8) is 0 Å². The van der Waals surface area contributed by atoms with Gasteiger partial charge in [-0.3, -0.25) is 4.79 Å². The van der Waals surface area contributed by atoms with E-state index < -0.39 is 11.8 Å². The first-order valence-corrected chi connectivity index (χ1v) is 11.0. The van der Waals surface area contributed by atoms with E-state index in [9.17, 15) is 4.79 Å². The molecule has 3 heterocycles. The molecule has 1 atom stereocenters. The molecule has 4 aromatic rings. The number of ether oxygens (including phenoxy) is 1. The number of rotatable bonds is 9.